The van der Waals surface area contributed by atoms with Gasteiger partial charge in [0.05, 0.1) is 11.7 Å². The number of rotatable bonds is 4. The van der Waals surface area contributed by atoms with E-state index in [4.69, 9.17) is 4.74 Å². The number of nitrogens with zero attached hydrogens (tertiary/aromatic N) is 4. The Kier molecular flexibility index (Phi) is 4.60. The van der Waals surface area contributed by atoms with Crippen molar-refractivity contribution < 1.29 is 9.53 Å². The zero-order valence-corrected chi connectivity index (χ0v) is 14.6. The average Bonchev–Trinajstić information content (AvgIpc) is 3.08. The summed E-state index contributed by atoms with van der Waals surface area (Å²) in [7, 11) is 0. The summed E-state index contributed by atoms with van der Waals surface area (Å²) in [5, 5.41) is 17.6. The minimum atomic E-state index is -0.390. The van der Waals surface area contributed by atoms with Crippen LogP contribution < -0.4 is 5.32 Å². The highest BCUT2D eigenvalue weighted by molar-refractivity contribution is 5.97. The highest BCUT2D eigenvalue weighted by atomic mass is 16.5. The molecular formula is C17H20N6O2. The average molecular weight is 340 g/mol. The van der Waals surface area contributed by atoms with Crippen molar-refractivity contribution in [2.75, 3.05) is 0 Å². The molecule has 2 N–H and O–H groups in total. The van der Waals surface area contributed by atoms with Crippen molar-refractivity contribution in [2.24, 2.45) is 0 Å². The number of ether oxygens (including phenoxy) is 1. The molecule has 1 unspecified atom stereocenters. The molecule has 0 radical (unpaired) electrons. The van der Waals surface area contributed by atoms with E-state index >= 15 is 0 Å². The van der Waals surface area contributed by atoms with Gasteiger partial charge in [0.1, 0.15) is 0 Å². The van der Waals surface area contributed by atoms with E-state index in [1.165, 1.54) is 0 Å². The van der Waals surface area contributed by atoms with Crippen LogP contribution in [0.2, 0.25) is 0 Å². The molecule has 2 aromatic rings. The standard InChI is InChI=1S/C17H20N6O2/c1-9(2)25-17(24)14-11(4)19-10(3)13(16-20-22-23-21-16)15(14)12-6-5-7-18-8-12/h5-9,15,19H,1-4H3,(H,20,21,22,23). The Morgan fingerprint density at radius 2 is 2.08 bits per heavy atom. The van der Waals surface area contributed by atoms with E-state index in [2.05, 4.69) is 30.9 Å². The third kappa shape index (κ3) is 3.28. The van der Waals surface area contributed by atoms with Crippen molar-refractivity contribution in [1.82, 2.24) is 30.9 Å². The van der Waals surface area contributed by atoms with E-state index < -0.39 is 5.92 Å². The van der Waals surface area contributed by atoms with Gasteiger partial charge in [-0.3, -0.25) is 4.98 Å². The predicted molar refractivity (Wildman–Crippen MR) is 90.8 cm³/mol. The molecule has 3 rings (SSSR count). The van der Waals surface area contributed by atoms with E-state index in [0.717, 1.165) is 22.5 Å². The summed E-state index contributed by atoms with van der Waals surface area (Å²) in [5.41, 5.74) is 3.74. The molecule has 25 heavy (non-hydrogen) atoms. The fraction of sp³-hybridized carbons (Fsp3) is 0.353. The molecule has 0 fully saturated rings. The second kappa shape index (κ2) is 6.84. The third-order valence-electron chi connectivity index (χ3n) is 3.93. The summed E-state index contributed by atoms with van der Waals surface area (Å²) in [5.74, 6) is -0.331. The number of esters is 1. The van der Waals surface area contributed by atoms with Crippen LogP contribution in [0.1, 0.15) is 45.0 Å². The van der Waals surface area contributed by atoms with Crippen molar-refractivity contribution in [3.63, 3.8) is 0 Å². The normalized spacial score (nSPS) is 17.7. The molecule has 0 aromatic carbocycles. The van der Waals surface area contributed by atoms with Crippen molar-refractivity contribution in [1.29, 1.82) is 0 Å². The molecule has 130 valence electrons. The van der Waals surface area contributed by atoms with Crippen LogP contribution in [0.5, 0.6) is 0 Å². The van der Waals surface area contributed by atoms with Gasteiger partial charge in [-0.15, -0.1) is 10.2 Å². The molecule has 0 amide bonds. The first kappa shape index (κ1) is 16.8. The van der Waals surface area contributed by atoms with Gasteiger partial charge in [0.15, 0.2) is 0 Å². The van der Waals surface area contributed by atoms with E-state index in [1.807, 2.05) is 39.8 Å². The zero-order chi connectivity index (χ0) is 18.0. The summed E-state index contributed by atoms with van der Waals surface area (Å²) < 4.78 is 5.47. The van der Waals surface area contributed by atoms with Crippen molar-refractivity contribution in [3.05, 3.63) is 52.9 Å². The SMILES string of the molecule is CC1=C(C(=O)OC(C)C)C(c2cccnc2)C(c2nn[nH]n2)=C(C)N1. The Bertz CT molecular complexity index is 824. The van der Waals surface area contributed by atoms with Crippen LogP contribution in [0, 0.1) is 0 Å². The summed E-state index contributed by atoms with van der Waals surface area (Å²) in [6.45, 7) is 7.43. The molecule has 2 aromatic heterocycles. The lowest BCUT2D eigenvalue weighted by Gasteiger charge is -2.30. The molecule has 3 heterocycles. The van der Waals surface area contributed by atoms with E-state index in [0.29, 0.717) is 11.4 Å². The number of tetrazole rings is 1. The second-order valence-electron chi connectivity index (χ2n) is 6.11. The van der Waals surface area contributed by atoms with E-state index in [-0.39, 0.29) is 12.1 Å². The Morgan fingerprint density at radius 3 is 2.68 bits per heavy atom. The van der Waals surface area contributed by atoms with Gasteiger partial charge in [-0.05, 0) is 44.5 Å². The van der Waals surface area contributed by atoms with Gasteiger partial charge in [0.25, 0.3) is 0 Å². The Labute approximate surface area is 145 Å². The van der Waals surface area contributed by atoms with Crippen LogP contribution in [0.3, 0.4) is 0 Å². The largest absolute Gasteiger partial charge is 0.460 e. The maximum absolute atomic E-state index is 12.8. The minimum absolute atomic E-state index is 0.219. The second-order valence-corrected chi connectivity index (χ2v) is 6.11. The summed E-state index contributed by atoms with van der Waals surface area (Å²) >= 11 is 0. The Morgan fingerprint density at radius 1 is 1.28 bits per heavy atom. The molecule has 0 bridgehead atoms. The van der Waals surface area contributed by atoms with Gasteiger partial charge in [0.2, 0.25) is 5.82 Å². The number of hydrogen-bond acceptors (Lipinski definition) is 7. The summed E-state index contributed by atoms with van der Waals surface area (Å²) in [6.07, 6.45) is 3.21. The Hall–Kier alpha value is -3.03. The number of aromatic amines is 1. The van der Waals surface area contributed by atoms with Crippen molar-refractivity contribution >= 4 is 11.5 Å². The van der Waals surface area contributed by atoms with Crippen LogP contribution in [-0.2, 0) is 9.53 Å². The zero-order valence-electron chi connectivity index (χ0n) is 14.6. The maximum Gasteiger partial charge on any atom is 0.337 e. The quantitative estimate of drug-likeness (QED) is 0.819. The topological polar surface area (TPSA) is 106 Å². The van der Waals surface area contributed by atoms with Crippen LogP contribution >= 0.6 is 0 Å². The van der Waals surface area contributed by atoms with Gasteiger partial charge < -0.3 is 10.1 Å². The monoisotopic (exact) mass is 340 g/mol. The molecule has 0 aliphatic carbocycles. The Balaban J connectivity index is 2.16. The molecule has 1 aliphatic rings. The molecule has 0 saturated carbocycles. The number of aromatic nitrogens is 5. The number of nitrogens with one attached hydrogen (secondary N) is 2. The lowest BCUT2D eigenvalue weighted by molar-refractivity contribution is -0.142. The van der Waals surface area contributed by atoms with Crippen LogP contribution in [0.15, 0.2) is 41.5 Å². The molecule has 0 spiro atoms. The molecule has 8 nitrogen and oxygen atoms in total. The van der Waals surface area contributed by atoms with E-state index in [1.54, 1.807) is 12.4 Å². The first-order valence-corrected chi connectivity index (χ1v) is 8.02. The number of H-pyrrole nitrogens is 1. The highest BCUT2D eigenvalue weighted by Crippen LogP contribution is 2.42. The van der Waals surface area contributed by atoms with Gasteiger partial charge in [0, 0.05) is 35.3 Å². The fourth-order valence-electron chi connectivity index (χ4n) is 2.99. The first-order chi connectivity index (χ1) is 12.0. The van der Waals surface area contributed by atoms with Crippen molar-refractivity contribution in [2.45, 2.75) is 39.7 Å². The van der Waals surface area contributed by atoms with Gasteiger partial charge in [-0.1, -0.05) is 6.07 Å². The number of dihydropyridines is 1. The molecule has 1 aliphatic heterocycles. The number of carbonyl (C=O) groups excluding carboxylic acids is 1. The summed E-state index contributed by atoms with van der Waals surface area (Å²) in [6, 6.07) is 3.76. The molecular weight excluding hydrogens is 320 g/mol. The van der Waals surface area contributed by atoms with E-state index in [9.17, 15) is 4.79 Å². The third-order valence-corrected chi connectivity index (χ3v) is 3.93. The van der Waals surface area contributed by atoms with Crippen molar-refractivity contribution in [3.8, 4) is 0 Å². The molecule has 0 saturated heterocycles. The molecule has 8 heteroatoms. The van der Waals surface area contributed by atoms with Gasteiger partial charge >= 0.3 is 5.97 Å². The first-order valence-electron chi connectivity index (χ1n) is 8.02. The van der Waals surface area contributed by atoms with Crippen LogP contribution in [0.25, 0.3) is 5.57 Å². The number of hydrogen-bond donors (Lipinski definition) is 2. The summed E-state index contributed by atoms with van der Waals surface area (Å²) in [4.78, 5) is 17.0. The lowest BCUT2D eigenvalue weighted by atomic mass is 9.80. The minimum Gasteiger partial charge on any atom is -0.460 e. The molecule has 1 atom stereocenters. The smallest absolute Gasteiger partial charge is 0.337 e. The van der Waals surface area contributed by atoms with Gasteiger partial charge in [-0.25, -0.2) is 4.79 Å². The highest BCUT2D eigenvalue weighted by Gasteiger charge is 2.36. The number of pyridine rings is 1. The predicted octanol–water partition coefficient (Wildman–Crippen LogP) is 1.94. The number of allylic oxidation sites excluding steroid dienone is 3. The van der Waals surface area contributed by atoms with Crippen LogP contribution in [0.4, 0.5) is 0 Å². The van der Waals surface area contributed by atoms with Gasteiger partial charge in [-0.2, -0.15) is 5.21 Å². The lowest BCUT2D eigenvalue weighted by Crippen LogP contribution is -2.30. The maximum atomic E-state index is 12.8. The number of carbonyl (C=O) groups is 1. The van der Waals surface area contributed by atoms with Crippen LogP contribution in [-0.4, -0.2) is 37.7 Å². The fourth-order valence-corrected chi connectivity index (χ4v) is 2.99.